The normalized spacial score (nSPS) is 29.1. The van der Waals surface area contributed by atoms with Gasteiger partial charge >= 0.3 is 0 Å². The minimum atomic E-state index is -0.178. The summed E-state index contributed by atoms with van der Waals surface area (Å²) in [7, 11) is 2.23. The van der Waals surface area contributed by atoms with Crippen LogP contribution < -0.4 is 14.2 Å². The molecule has 142 valence electrons. The largest absolute Gasteiger partial charge is 0.493 e. The van der Waals surface area contributed by atoms with Gasteiger partial charge in [0, 0.05) is 24.1 Å². The molecule has 4 nitrogen and oxygen atoms in total. The molecule has 3 aliphatic rings. The molecule has 0 spiro atoms. The predicted octanol–water partition coefficient (Wildman–Crippen LogP) is 4.20. The van der Waals surface area contributed by atoms with Crippen LogP contribution in [0.15, 0.2) is 42.5 Å². The van der Waals surface area contributed by atoms with Gasteiger partial charge in [0.1, 0.15) is 11.6 Å². The maximum Gasteiger partial charge on any atom is 0.231 e. The third-order valence-corrected chi connectivity index (χ3v) is 6.52. The molecule has 2 unspecified atom stereocenters. The van der Waals surface area contributed by atoms with Gasteiger partial charge in [0.25, 0.3) is 0 Å². The van der Waals surface area contributed by atoms with Gasteiger partial charge in [-0.3, -0.25) is 0 Å². The van der Waals surface area contributed by atoms with E-state index in [1.54, 1.807) is 12.1 Å². The van der Waals surface area contributed by atoms with Gasteiger partial charge in [-0.05, 0) is 62.1 Å². The van der Waals surface area contributed by atoms with Crippen molar-refractivity contribution in [1.82, 2.24) is 4.90 Å². The van der Waals surface area contributed by atoms with E-state index in [4.69, 9.17) is 14.2 Å². The third kappa shape index (κ3) is 3.04. The van der Waals surface area contributed by atoms with Crippen LogP contribution in [0.25, 0.3) is 0 Å². The Morgan fingerprint density at radius 2 is 1.89 bits per heavy atom. The number of ether oxygens (including phenoxy) is 3. The topological polar surface area (TPSA) is 30.9 Å². The Kier molecular flexibility index (Phi) is 4.20. The lowest BCUT2D eigenvalue weighted by atomic mass is 9.76. The summed E-state index contributed by atoms with van der Waals surface area (Å²) in [6.07, 6.45) is 3.54. The maximum absolute atomic E-state index is 13.4. The van der Waals surface area contributed by atoms with Gasteiger partial charge in [0.05, 0.1) is 6.61 Å². The molecule has 5 heteroatoms. The van der Waals surface area contributed by atoms with Crippen molar-refractivity contribution < 1.29 is 18.6 Å². The van der Waals surface area contributed by atoms with E-state index in [2.05, 4.69) is 11.9 Å². The van der Waals surface area contributed by atoms with E-state index in [1.165, 1.54) is 18.4 Å². The zero-order chi connectivity index (χ0) is 18.4. The zero-order valence-electron chi connectivity index (χ0n) is 15.4. The molecule has 2 fully saturated rings. The number of piperidine rings is 1. The van der Waals surface area contributed by atoms with Gasteiger partial charge in [-0.25, -0.2) is 4.39 Å². The van der Waals surface area contributed by atoms with Crippen LogP contribution in [0.2, 0.25) is 0 Å². The molecule has 2 aromatic carbocycles. The van der Waals surface area contributed by atoms with Gasteiger partial charge < -0.3 is 19.1 Å². The summed E-state index contributed by atoms with van der Waals surface area (Å²) in [4.78, 5) is 2.52. The molecule has 2 bridgehead atoms. The maximum atomic E-state index is 13.4. The Balaban J connectivity index is 1.37. The van der Waals surface area contributed by atoms with Crippen molar-refractivity contribution >= 4 is 0 Å². The van der Waals surface area contributed by atoms with E-state index in [0.717, 1.165) is 23.7 Å². The minimum absolute atomic E-state index is 0.178. The number of halogens is 1. The van der Waals surface area contributed by atoms with Crippen molar-refractivity contribution in [2.24, 2.45) is 5.92 Å². The van der Waals surface area contributed by atoms with E-state index in [9.17, 15) is 4.39 Å². The van der Waals surface area contributed by atoms with Gasteiger partial charge in [0.2, 0.25) is 6.79 Å². The van der Waals surface area contributed by atoms with E-state index in [0.29, 0.717) is 30.5 Å². The predicted molar refractivity (Wildman–Crippen MR) is 99.9 cm³/mol. The van der Waals surface area contributed by atoms with Crippen molar-refractivity contribution in [3.05, 3.63) is 53.8 Å². The van der Waals surface area contributed by atoms with Crippen molar-refractivity contribution in [3.63, 3.8) is 0 Å². The first-order valence-corrected chi connectivity index (χ1v) is 9.69. The highest BCUT2D eigenvalue weighted by atomic mass is 19.1. The van der Waals surface area contributed by atoms with Gasteiger partial charge in [-0.1, -0.05) is 12.1 Å². The Labute approximate surface area is 158 Å². The first-order valence-electron chi connectivity index (χ1n) is 9.69. The molecule has 5 rings (SSSR count). The smallest absolute Gasteiger partial charge is 0.231 e. The molecule has 3 heterocycles. The lowest BCUT2D eigenvalue weighted by Gasteiger charge is -2.43. The third-order valence-electron chi connectivity index (χ3n) is 6.52. The Morgan fingerprint density at radius 3 is 2.74 bits per heavy atom. The van der Waals surface area contributed by atoms with Gasteiger partial charge in [0.15, 0.2) is 11.5 Å². The van der Waals surface area contributed by atoms with E-state index in [1.807, 2.05) is 30.3 Å². The number of hydrogen-bond donors (Lipinski definition) is 0. The van der Waals surface area contributed by atoms with Crippen LogP contribution in [0.4, 0.5) is 4.39 Å². The van der Waals surface area contributed by atoms with Crippen LogP contribution in [-0.2, 0) is 0 Å². The number of nitrogens with zero attached hydrogens (tertiary/aromatic N) is 1. The lowest BCUT2D eigenvalue weighted by Crippen LogP contribution is -2.47. The molecular formula is C22H24FNO3. The van der Waals surface area contributed by atoms with Crippen molar-refractivity contribution in [2.45, 2.75) is 37.3 Å². The molecule has 0 amide bonds. The van der Waals surface area contributed by atoms with Crippen LogP contribution in [0.3, 0.4) is 0 Å². The van der Waals surface area contributed by atoms with E-state index < -0.39 is 0 Å². The highest BCUT2D eigenvalue weighted by molar-refractivity contribution is 5.46. The summed E-state index contributed by atoms with van der Waals surface area (Å²) in [6, 6.07) is 13.9. The minimum Gasteiger partial charge on any atom is -0.493 e. The molecule has 0 aromatic heterocycles. The van der Waals surface area contributed by atoms with Crippen LogP contribution >= 0.6 is 0 Å². The van der Waals surface area contributed by atoms with Crippen LogP contribution in [-0.4, -0.2) is 37.4 Å². The fraction of sp³-hybridized carbons (Fsp3) is 0.455. The van der Waals surface area contributed by atoms with E-state index in [-0.39, 0.29) is 12.6 Å². The SMILES string of the molecule is CN1C2CC[C@@H]1[C@H](COc1ccc3c(c1)OCO3)C(c1ccc(F)cc1)C2. The summed E-state index contributed by atoms with van der Waals surface area (Å²) in [6.45, 7) is 0.908. The highest BCUT2D eigenvalue weighted by Crippen LogP contribution is 2.46. The molecule has 0 radical (unpaired) electrons. The van der Waals surface area contributed by atoms with Crippen LogP contribution in [0, 0.1) is 11.7 Å². The molecular weight excluding hydrogens is 345 g/mol. The van der Waals surface area contributed by atoms with E-state index >= 15 is 0 Å². The molecule has 2 saturated heterocycles. The second kappa shape index (κ2) is 6.71. The number of fused-ring (bicyclic) bond motifs is 3. The number of benzene rings is 2. The van der Waals surface area contributed by atoms with Gasteiger partial charge in [-0.2, -0.15) is 0 Å². The summed E-state index contributed by atoms with van der Waals surface area (Å²) >= 11 is 0. The monoisotopic (exact) mass is 369 g/mol. The Bertz CT molecular complexity index is 825. The first kappa shape index (κ1) is 16.9. The summed E-state index contributed by atoms with van der Waals surface area (Å²) in [5, 5.41) is 0. The van der Waals surface area contributed by atoms with Crippen LogP contribution in [0.5, 0.6) is 17.2 Å². The lowest BCUT2D eigenvalue weighted by molar-refractivity contribution is 0.0665. The molecule has 3 aliphatic heterocycles. The molecule has 0 N–H and O–H groups in total. The molecule has 2 aromatic rings. The standard InChI is InChI=1S/C22H24FNO3/c1-24-16-6-8-20(24)19(18(10-16)14-2-4-15(23)5-3-14)12-25-17-7-9-21-22(11-17)27-13-26-21/h2-5,7,9,11,16,18-20H,6,8,10,12-13H2,1H3/t16?,18?,19-,20-/m1/s1. The van der Waals surface area contributed by atoms with Crippen molar-refractivity contribution in [1.29, 1.82) is 0 Å². The Morgan fingerprint density at radius 1 is 1.07 bits per heavy atom. The second-order valence-electron chi connectivity index (χ2n) is 7.85. The average Bonchev–Trinajstić information content (AvgIpc) is 3.23. The highest BCUT2D eigenvalue weighted by Gasteiger charge is 2.46. The quantitative estimate of drug-likeness (QED) is 0.808. The van der Waals surface area contributed by atoms with Crippen molar-refractivity contribution in [3.8, 4) is 17.2 Å². The number of hydrogen-bond acceptors (Lipinski definition) is 4. The number of rotatable bonds is 4. The fourth-order valence-electron chi connectivity index (χ4n) is 5.06. The van der Waals surface area contributed by atoms with Crippen LogP contribution in [0.1, 0.15) is 30.7 Å². The average molecular weight is 369 g/mol. The molecule has 4 atom stereocenters. The second-order valence-corrected chi connectivity index (χ2v) is 7.85. The summed E-state index contributed by atoms with van der Waals surface area (Å²) in [5.41, 5.74) is 1.22. The summed E-state index contributed by atoms with van der Waals surface area (Å²) in [5.74, 6) is 2.91. The Hall–Kier alpha value is -2.27. The fourth-order valence-corrected chi connectivity index (χ4v) is 5.06. The molecule has 0 saturated carbocycles. The molecule has 0 aliphatic carbocycles. The molecule has 27 heavy (non-hydrogen) atoms. The zero-order valence-corrected chi connectivity index (χ0v) is 15.4. The van der Waals surface area contributed by atoms with Crippen molar-refractivity contribution in [2.75, 3.05) is 20.4 Å². The van der Waals surface area contributed by atoms with Gasteiger partial charge in [-0.15, -0.1) is 0 Å². The summed E-state index contributed by atoms with van der Waals surface area (Å²) < 4.78 is 30.4. The first-order chi connectivity index (χ1) is 13.2.